The molecule has 2 fully saturated rings. The van der Waals surface area contributed by atoms with E-state index in [2.05, 4.69) is 31.1 Å². The number of piperidine rings is 1. The predicted octanol–water partition coefficient (Wildman–Crippen LogP) is 3.49. The Morgan fingerprint density at radius 2 is 2.02 bits per heavy atom. The third-order valence-electron chi connectivity index (χ3n) is 7.94. The number of benzene rings is 2. The minimum Gasteiger partial charge on any atom is -0.483 e. The molecule has 0 spiro atoms. The highest BCUT2D eigenvalue weighted by Crippen LogP contribution is 2.27. The number of likely N-dealkylation sites (tertiary alicyclic amines) is 1. The normalized spacial score (nSPS) is 20.3. The molecular formula is C30H32F2N6O5S. The van der Waals surface area contributed by atoms with Gasteiger partial charge in [0.05, 0.1) is 30.2 Å². The summed E-state index contributed by atoms with van der Waals surface area (Å²) in [6, 6.07) is 10.2. The zero-order valence-corrected chi connectivity index (χ0v) is 24.9. The predicted molar refractivity (Wildman–Crippen MR) is 157 cm³/mol. The first kappa shape index (κ1) is 30.0. The molecule has 4 aromatic rings. The van der Waals surface area contributed by atoms with Crippen LogP contribution in [0.25, 0.3) is 11.0 Å². The number of aromatic nitrogens is 4. The number of nitrogens with one attached hydrogen (secondary N) is 1. The Bertz CT molecular complexity index is 1670. The summed E-state index contributed by atoms with van der Waals surface area (Å²) >= 11 is -0.445. The molecule has 2 saturated heterocycles. The second-order valence-corrected chi connectivity index (χ2v) is 11.3. The van der Waals surface area contributed by atoms with Gasteiger partial charge in [-0.3, -0.25) is 14.4 Å². The molecule has 2 aromatic heterocycles. The van der Waals surface area contributed by atoms with E-state index in [1.54, 1.807) is 24.4 Å². The van der Waals surface area contributed by atoms with Gasteiger partial charge < -0.3 is 18.8 Å². The quantitative estimate of drug-likeness (QED) is 0.241. The van der Waals surface area contributed by atoms with Crippen molar-refractivity contribution in [3.8, 4) is 11.6 Å². The highest BCUT2D eigenvalue weighted by molar-refractivity contribution is 7.64. The molecule has 6 rings (SSSR count). The van der Waals surface area contributed by atoms with Crippen LogP contribution >= 0.6 is 0 Å². The summed E-state index contributed by atoms with van der Waals surface area (Å²) in [5.41, 5.74) is 2.03. The maximum Gasteiger partial charge on any atom is 0.262 e. The molecule has 1 N–H and O–H groups in total. The van der Waals surface area contributed by atoms with Gasteiger partial charge in [0.1, 0.15) is 36.2 Å². The van der Waals surface area contributed by atoms with Crippen LogP contribution in [0.3, 0.4) is 0 Å². The second kappa shape index (κ2) is 13.3. The Morgan fingerprint density at radius 3 is 2.77 bits per heavy atom. The summed E-state index contributed by atoms with van der Waals surface area (Å²) in [7, 11) is 0. The fourth-order valence-electron chi connectivity index (χ4n) is 5.50. The average Bonchev–Trinajstić information content (AvgIpc) is 3.32. The Morgan fingerprint density at radius 1 is 1.16 bits per heavy atom. The Balaban J connectivity index is 1.10. The number of nitrogens with zero attached hydrogens (tertiary/aromatic N) is 5. The molecule has 2 aliphatic heterocycles. The monoisotopic (exact) mass is 626 g/mol. The van der Waals surface area contributed by atoms with Crippen molar-refractivity contribution < 1.29 is 32.0 Å². The molecule has 0 radical (unpaired) electrons. The first-order valence-electron chi connectivity index (χ1n) is 14.4. The lowest BCUT2D eigenvalue weighted by molar-refractivity contribution is -0.0593. The molecule has 3 atom stereocenters. The van der Waals surface area contributed by atoms with Crippen LogP contribution in [0.15, 0.2) is 48.7 Å². The molecule has 2 aliphatic rings. The van der Waals surface area contributed by atoms with Crippen molar-refractivity contribution in [1.82, 2.24) is 29.1 Å². The molecular weight excluding hydrogens is 594 g/mol. The minimum absolute atomic E-state index is 0.0666. The molecule has 2 aromatic carbocycles. The van der Waals surface area contributed by atoms with Crippen LogP contribution in [0.1, 0.15) is 48.2 Å². The van der Waals surface area contributed by atoms with E-state index in [0.29, 0.717) is 30.4 Å². The standard InChI is InChI=1S/C30H32F2N6O5S/c1-18-12-21(43-29-6-9-33-27(35-29)17-42-26-5-3-20(31)14-23(26)32)7-10-37(18)16-28-34-24-4-2-19(30(39)36-44-40)13-25(24)38(28)15-22-8-11-41-22/h2-6,9,13-14,18,21-22,44H,7-8,10-12,15-17H2,1H3,(H,36,39,40)/t18-,21-,22-/m0/s1. The third kappa shape index (κ3) is 6.87. The van der Waals surface area contributed by atoms with Crippen molar-refractivity contribution >= 4 is 28.8 Å². The fourth-order valence-corrected chi connectivity index (χ4v) is 5.71. The van der Waals surface area contributed by atoms with E-state index in [-0.39, 0.29) is 30.6 Å². The van der Waals surface area contributed by atoms with E-state index < -0.39 is 29.4 Å². The summed E-state index contributed by atoms with van der Waals surface area (Å²) in [6.07, 6.45) is 4.09. The van der Waals surface area contributed by atoms with Crippen LogP contribution in [-0.2, 0) is 36.3 Å². The van der Waals surface area contributed by atoms with Crippen LogP contribution < -0.4 is 14.2 Å². The molecule has 0 unspecified atom stereocenters. The molecule has 11 nitrogen and oxygen atoms in total. The Labute approximate surface area is 256 Å². The minimum atomic E-state index is -0.794. The molecule has 0 bridgehead atoms. The number of hydrogen-bond donors (Lipinski definition) is 2. The second-order valence-electron chi connectivity index (χ2n) is 10.9. The van der Waals surface area contributed by atoms with Crippen molar-refractivity contribution in [3.63, 3.8) is 0 Å². The first-order chi connectivity index (χ1) is 21.4. The topological polar surface area (TPSA) is 121 Å². The summed E-state index contributed by atoms with van der Waals surface area (Å²) < 4.78 is 59.7. The highest BCUT2D eigenvalue weighted by Gasteiger charge is 2.29. The number of ether oxygens (including phenoxy) is 3. The average molecular weight is 627 g/mol. The van der Waals surface area contributed by atoms with Crippen molar-refractivity contribution in [1.29, 1.82) is 0 Å². The zero-order chi connectivity index (χ0) is 30.6. The van der Waals surface area contributed by atoms with Crippen molar-refractivity contribution in [2.45, 2.75) is 64.1 Å². The van der Waals surface area contributed by atoms with E-state index in [1.165, 1.54) is 6.07 Å². The van der Waals surface area contributed by atoms with Gasteiger partial charge in [-0.15, -0.1) is 0 Å². The number of carbonyl (C=O) groups excluding carboxylic acids is 1. The highest BCUT2D eigenvalue weighted by atomic mass is 32.2. The maximum absolute atomic E-state index is 13.9. The third-order valence-corrected chi connectivity index (χ3v) is 8.24. The van der Waals surface area contributed by atoms with E-state index in [0.717, 1.165) is 61.4 Å². The van der Waals surface area contributed by atoms with Crippen molar-refractivity contribution in [3.05, 3.63) is 77.5 Å². The number of halogens is 2. The van der Waals surface area contributed by atoms with Crippen molar-refractivity contribution in [2.24, 2.45) is 0 Å². The summed E-state index contributed by atoms with van der Waals surface area (Å²) in [4.78, 5) is 28.2. The maximum atomic E-state index is 13.9. The molecule has 44 heavy (non-hydrogen) atoms. The zero-order valence-electron chi connectivity index (χ0n) is 24.0. The first-order valence-corrected chi connectivity index (χ1v) is 15.2. The molecule has 4 heterocycles. The van der Waals surface area contributed by atoms with E-state index >= 15 is 0 Å². The number of thiol groups is 1. The van der Waals surface area contributed by atoms with Gasteiger partial charge in [-0.1, -0.05) is 0 Å². The van der Waals surface area contributed by atoms with Crippen LogP contribution in [0.2, 0.25) is 0 Å². The largest absolute Gasteiger partial charge is 0.483 e. The number of rotatable bonds is 11. The van der Waals surface area contributed by atoms with Gasteiger partial charge in [0, 0.05) is 43.1 Å². The van der Waals surface area contributed by atoms with Gasteiger partial charge in [-0.25, -0.2) is 23.0 Å². The van der Waals surface area contributed by atoms with E-state index in [4.69, 9.17) is 19.2 Å². The lowest BCUT2D eigenvalue weighted by Crippen LogP contribution is -2.44. The van der Waals surface area contributed by atoms with Gasteiger partial charge in [-0.05, 0) is 56.5 Å². The van der Waals surface area contributed by atoms with Gasteiger partial charge in [-0.2, -0.15) is 4.98 Å². The molecule has 14 heteroatoms. The Hall–Kier alpha value is -4.01. The number of hydrogen-bond acceptors (Lipinski definition) is 9. The van der Waals surface area contributed by atoms with Gasteiger partial charge in [0.15, 0.2) is 17.4 Å². The van der Waals surface area contributed by atoms with Crippen LogP contribution in [0, 0.1) is 11.6 Å². The Kier molecular flexibility index (Phi) is 9.09. The van der Waals surface area contributed by atoms with Crippen LogP contribution in [-0.4, -0.2) is 65.9 Å². The number of carbonyl (C=O) groups is 1. The summed E-state index contributed by atoms with van der Waals surface area (Å²) in [6.45, 7) is 4.82. The van der Waals surface area contributed by atoms with Crippen molar-refractivity contribution in [2.75, 3.05) is 13.2 Å². The SMILES string of the molecule is C[C@H]1C[C@@H](Oc2ccnc(COc3ccc(F)cc3F)n2)CCN1Cc1nc2ccc(C(=O)N[SH]=O)cc2n1C[C@@H]1CCO1. The number of amides is 1. The molecule has 1 amide bonds. The number of imidazole rings is 1. The van der Waals surface area contributed by atoms with Crippen LogP contribution in [0.5, 0.6) is 11.6 Å². The molecule has 232 valence electrons. The van der Waals surface area contributed by atoms with Gasteiger partial charge in [0.25, 0.3) is 5.91 Å². The number of fused-ring (bicyclic) bond motifs is 1. The lowest BCUT2D eigenvalue weighted by Gasteiger charge is -2.37. The van der Waals surface area contributed by atoms with E-state index in [1.807, 2.05) is 6.07 Å². The molecule has 0 aliphatic carbocycles. The lowest BCUT2D eigenvalue weighted by atomic mass is 10.0. The summed E-state index contributed by atoms with van der Waals surface area (Å²) in [5.74, 6) is -0.362. The van der Waals surface area contributed by atoms with E-state index in [9.17, 15) is 17.8 Å². The smallest absolute Gasteiger partial charge is 0.262 e. The summed E-state index contributed by atoms with van der Waals surface area (Å²) in [5, 5.41) is 0. The van der Waals surface area contributed by atoms with Crippen LogP contribution in [0.4, 0.5) is 8.78 Å². The molecule has 0 saturated carbocycles. The van der Waals surface area contributed by atoms with Gasteiger partial charge in [0.2, 0.25) is 5.88 Å². The fraction of sp³-hybridized carbons (Fsp3) is 0.400. The van der Waals surface area contributed by atoms with Gasteiger partial charge >= 0.3 is 0 Å².